The highest BCUT2D eigenvalue weighted by molar-refractivity contribution is 6.34. The predicted octanol–water partition coefficient (Wildman–Crippen LogP) is 6.14. The lowest BCUT2D eigenvalue weighted by Crippen LogP contribution is -1.94. The molecule has 0 amide bonds. The van der Waals surface area contributed by atoms with E-state index >= 15 is 0 Å². The van der Waals surface area contributed by atoms with Crippen molar-refractivity contribution in [2.75, 3.05) is 7.11 Å². The van der Waals surface area contributed by atoms with Gasteiger partial charge in [0.05, 0.1) is 12.1 Å². The number of ether oxygens (including phenoxy) is 1. The maximum atomic E-state index is 12.2. The standard InChI is InChI=1S/C25H19ClO3/c1-29-21-14-12-20(13-15-21)24(27)16-10-18-6-8-19(9-7-18)11-17-25(28)22-4-2-3-5-23(22)26/h2-17H,1H3/b16-10+,17-11+. The molecule has 4 heteroatoms. The Morgan fingerprint density at radius 1 is 0.759 bits per heavy atom. The van der Waals surface area contributed by atoms with Gasteiger partial charge in [0, 0.05) is 11.1 Å². The van der Waals surface area contributed by atoms with Crippen LogP contribution in [0.3, 0.4) is 0 Å². The minimum absolute atomic E-state index is 0.0815. The molecule has 3 aromatic carbocycles. The molecule has 0 N–H and O–H groups in total. The molecular formula is C25H19ClO3. The SMILES string of the molecule is COc1ccc(C(=O)/C=C/c2ccc(/C=C/C(=O)c3ccccc3Cl)cc2)cc1. The van der Waals surface area contributed by atoms with Crippen LogP contribution in [0.4, 0.5) is 0 Å². The highest BCUT2D eigenvalue weighted by atomic mass is 35.5. The monoisotopic (exact) mass is 402 g/mol. The molecule has 0 radical (unpaired) electrons. The summed E-state index contributed by atoms with van der Waals surface area (Å²) in [5.41, 5.74) is 2.84. The molecule has 0 atom stereocenters. The number of methoxy groups -OCH3 is 1. The van der Waals surface area contributed by atoms with Gasteiger partial charge in [0.25, 0.3) is 0 Å². The first kappa shape index (κ1) is 20.3. The van der Waals surface area contributed by atoms with E-state index in [9.17, 15) is 9.59 Å². The molecule has 0 saturated heterocycles. The first-order chi connectivity index (χ1) is 14.1. The number of hydrogen-bond donors (Lipinski definition) is 0. The zero-order valence-corrected chi connectivity index (χ0v) is 16.6. The minimum Gasteiger partial charge on any atom is -0.497 e. The summed E-state index contributed by atoms with van der Waals surface area (Å²) in [4.78, 5) is 24.5. The van der Waals surface area contributed by atoms with E-state index in [1.165, 1.54) is 12.2 Å². The lowest BCUT2D eigenvalue weighted by molar-refractivity contribution is 0.103. The highest BCUT2D eigenvalue weighted by Gasteiger charge is 2.05. The van der Waals surface area contributed by atoms with Crippen LogP contribution in [0.2, 0.25) is 5.02 Å². The normalized spacial score (nSPS) is 11.1. The Hall–Kier alpha value is -3.43. The summed E-state index contributed by atoms with van der Waals surface area (Å²) in [6, 6.07) is 21.5. The number of halogens is 1. The van der Waals surface area contributed by atoms with Gasteiger partial charge in [-0.1, -0.05) is 60.2 Å². The van der Waals surface area contributed by atoms with Crippen LogP contribution in [0.5, 0.6) is 5.75 Å². The highest BCUT2D eigenvalue weighted by Crippen LogP contribution is 2.17. The molecule has 3 nitrogen and oxygen atoms in total. The lowest BCUT2D eigenvalue weighted by Gasteiger charge is -2.00. The summed E-state index contributed by atoms with van der Waals surface area (Å²) >= 11 is 6.05. The van der Waals surface area contributed by atoms with Gasteiger partial charge < -0.3 is 4.74 Å². The Bertz CT molecular complexity index is 1060. The predicted molar refractivity (Wildman–Crippen MR) is 118 cm³/mol. The number of rotatable bonds is 7. The number of benzene rings is 3. The molecule has 0 heterocycles. The maximum Gasteiger partial charge on any atom is 0.187 e. The maximum absolute atomic E-state index is 12.2. The quantitative estimate of drug-likeness (QED) is 0.352. The van der Waals surface area contributed by atoms with Crippen LogP contribution >= 0.6 is 11.6 Å². The van der Waals surface area contributed by atoms with Gasteiger partial charge >= 0.3 is 0 Å². The van der Waals surface area contributed by atoms with Crippen molar-refractivity contribution in [2.45, 2.75) is 0 Å². The van der Waals surface area contributed by atoms with E-state index in [1.807, 2.05) is 24.3 Å². The van der Waals surface area contributed by atoms with Gasteiger partial charge in [-0.15, -0.1) is 0 Å². The molecule has 0 aliphatic heterocycles. The molecule has 0 unspecified atom stereocenters. The van der Waals surface area contributed by atoms with Crippen molar-refractivity contribution in [3.8, 4) is 5.75 Å². The third-order valence-electron chi connectivity index (χ3n) is 4.30. The Balaban J connectivity index is 1.63. The van der Waals surface area contributed by atoms with Crippen molar-refractivity contribution in [1.29, 1.82) is 0 Å². The van der Waals surface area contributed by atoms with Gasteiger partial charge in [0.2, 0.25) is 0 Å². The van der Waals surface area contributed by atoms with E-state index in [0.29, 0.717) is 21.9 Å². The molecule has 0 aromatic heterocycles. The van der Waals surface area contributed by atoms with Gasteiger partial charge in [-0.25, -0.2) is 0 Å². The fourth-order valence-corrected chi connectivity index (χ4v) is 2.89. The molecule has 3 rings (SSSR count). The summed E-state index contributed by atoms with van der Waals surface area (Å²) in [6.45, 7) is 0. The molecule has 0 bridgehead atoms. The second-order valence-corrected chi connectivity index (χ2v) is 6.68. The molecule has 0 fully saturated rings. The molecular weight excluding hydrogens is 384 g/mol. The van der Waals surface area contributed by atoms with Gasteiger partial charge in [-0.3, -0.25) is 9.59 Å². The van der Waals surface area contributed by atoms with Crippen LogP contribution in [0.25, 0.3) is 12.2 Å². The third-order valence-corrected chi connectivity index (χ3v) is 4.63. The van der Waals surface area contributed by atoms with Gasteiger partial charge in [-0.05, 0) is 59.7 Å². The molecule has 0 aliphatic rings. The summed E-state index contributed by atoms with van der Waals surface area (Å²) in [7, 11) is 1.59. The van der Waals surface area contributed by atoms with E-state index in [4.69, 9.17) is 16.3 Å². The number of carbonyl (C=O) groups excluding carboxylic acids is 2. The smallest absolute Gasteiger partial charge is 0.187 e. The lowest BCUT2D eigenvalue weighted by atomic mass is 10.1. The number of hydrogen-bond acceptors (Lipinski definition) is 3. The van der Waals surface area contributed by atoms with E-state index in [1.54, 1.807) is 67.8 Å². The van der Waals surface area contributed by atoms with E-state index in [-0.39, 0.29) is 11.6 Å². The topological polar surface area (TPSA) is 43.4 Å². The zero-order valence-electron chi connectivity index (χ0n) is 15.8. The van der Waals surface area contributed by atoms with Crippen LogP contribution < -0.4 is 4.74 Å². The number of carbonyl (C=O) groups is 2. The van der Waals surface area contributed by atoms with E-state index in [2.05, 4.69) is 0 Å². The number of ketones is 2. The molecule has 0 saturated carbocycles. The molecule has 0 aliphatic carbocycles. The van der Waals surface area contributed by atoms with Crippen molar-refractivity contribution in [3.63, 3.8) is 0 Å². The fourth-order valence-electron chi connectivity index (χ4n) is 2.66. The summed E-state index contributed by atoms with van der Waals surface area (Å²) in [5, 5.41) is 0.434. The van der Waals surface area contributed by atoms with Crippen LogP contribution in [0.15, 0.2) is 84.9 Å². The van der Waals surface area contributed by atoms with Gasteiger partial charge in [0.15, 0.2) is 11.6 Å². The zero-order chi connectivity index (χ0) is 20.6. The Labute approximate surface area is 174 Å². The van der Waals surface area contributed by atoms with E-state index in [0.717, 1.165) is 11.1 Å². The van der Waals surface area contributed by atoms with Crippen LogP contribution in [-0.2, 0) is 0 Å². The van der Waals surface area contributed by atoms with Crippen molar-refractivity contribution < 1.29 is 14.3 Å². The van der Waals surface area contributed by atoms with Crippen LogP contribution in [0, 0.1) is 0 Å². The average molecular weight is 403 g/mol. The minimum atomic E-state index is -0.148. The van der Waals surface area contributed by atoms with Crippen molar-refractivity contribution in [1.82, 2.24) is 0 Å². The molecule has 144 valence electrons. The second-order valence-electron chi connectivity index (χ2n) is 6.27. The van der Waals surface area contributed by atoms with Gasteiger partial charge in [-0.2, -0.15) is 0 Å². The first-order valence-corrected chi connectivity index (χ1v) is 9.38. The van der Waals surface area contributed by atoms with Gasteiger partial charge in [0.1, 0.15) is 5.75 Å². The summed E-state index contributed by atoms with van der Waals surface area (Å²) < 4.78 is 5.09. The van der Waals surface area contributed by atoms with E-state index < -0.39 is 0 Å². The van der Waals surface area contributed by atoms with Crippen molar-refractivity contribution >= 4 is 35.3 Å². The van der Waals surface area contributed by atoms with Crippen molar-refractivity contribution in [3.05, 3.63) is 112 Å². The summed E-state index contributed by atoms with van der Waals surface area (Å²) in [5.74, 6) is 0.480. The van der Waals surface area contributed by atoms with Crippen LogP contribution in [0.1, 0.15) is 31.8 Å². The Kier molecular flexibility index (Phi) is 6.77. The van der Waals surface area contributed by atoms with Crippen LogP contribution in [-0.4, -0.2) is 18.7 Å². The second kappa shape index (κ2) is 9.67. The third kappa shape index (κ3) is 5.53. The molecule has 0 spiro atoms. The van der Waals surface area contributed by atoms with Crippen molar-refractivity contribution in [2.24, 2.45) is 0 Å². The molecule has 29 heavy (non-hydrogen) atoms. The Morgan fingerprint density at radius 2 is 1.31 bits per heavy atom. The first-order valence-electron chi connectivity index (χ1n) is 9.00. The fraction of sp³-hybridized carbons (Fsp3) is 0.0400. The largest absolute Gasteiger partial charge is 0.497 e. The average Bonchev–Trinajstić information content (AvgIpc) is 2.77. The summed E-state index contributed by atoms with van der Waals surface area (Å²) in [6.07, 6.45) is 6.53. The Morgan fingerprint density at radius 3 is 1.86 bits per heavy atom. The number of allylic oxidation sites excluding steroid dienone is 2. The molecule has 3 aromatic rings.